The van der Waals surface area contributed by atoms with Crippen molar-refractivity contribution in [3.63, 3.8) is 0 Å². The lowest BCUT2D eigenvalue weighted by Gasteiger charge is -2.33. The molecule has 28 heavy (non-hydrogen) atoms. The molecule has 1 aliphatic rings. The molecule has 2 amide bonds. The van der Waals surface area contributed by atoms with Crippen LogP contribution >= 0.6 is 0 Å². The van der Waals surface area contributed by atoms with E-state index in [9.17, 15) is 14.4 Å². The van der Waals surface area contributed by atoms with Crippen LogP contribution in [0.25, 0.3) is 5.69 Å². The van der Waals surface area contributed by atoms with Crippen molar-refractivity contribution < 1.29 is 19.1 Å². The number of para-hydroxylation sites is 1. The molecule has 2 heterocycles. The molecule has 0 spiro atoms. The number of nitrogens with two attached hydrogens (primary N) is 1. The van der Waals surface area contributed by atoms with Crippen LogP contribution in [0.2, 0.25) is 0 Å². The second-order valence-corrected chi connectivity index (χ2v) is 6.87. The molecule has 1 atom stereocenters. The number of amides is 2. The van der Waals surface area contributed by atoms with Crippen molar-refractivity contribution in [3.8, 4) is 5.69 Å². The lowest BCUT2D eigenvalue weighted by atomic mass is 10.0. The fraction of sp³-hybridized carbons (Fsp3) is 0.400. The van der Waals surface area contributed by atoms with Gasteiger partial charge in [0.25, 0.3) is 5.91 Å². The first-order valence-electron chi connectivity index (χ1n) is 9.27. The number of primary amides is 1. The summed E-state index contributed by atoms with van der Waals surface area (Å²) in [6, 6.07) is 8.81. The zero-order valence-corrected chi connectivity index (χ0v) is 16.1. The Hall–Kier alpha value is -3.16. The van der Waals surface area contributed by atoms with Crippen molar-refractivity contribution in [2.45, 2.75) is 39.2 Å². The van der Waals surface area contributed by atoms with Crippen LogP contribution in [0.3, 0.4) is 0 Å². The first-order chi connectivity index (χ1) is 13.4. The van der Waals surface area contributed by atoms with Crippen LogP contribution < -0.4 is 5.73 Å². The number of aryl methyl sites for hydroxylation is 1. The average Bonchev–Trinajstić information content (AvgIpc) is 3.00. The number of likely N-dealkylation sites (tertiary alicyclic amines) is 1. The summed E-state index contributed by atoms with van der Waals surface area (Å²) in [7, 11) is 0. The van der Waals surface area contributed by atoms with Crippen LogP contribution in [-0.4, -0.2) is 51.7 Å². The van der Waals surface area contributed by atoms with Crippen molar-refractivity contribution in [1.29, 1.82) is 0 Å². The van der Waals surface area contributed by atoms with Gasteiger partial charge in [-0.25, -0.2) is 9.48 Å². The molecule has 8 nitrogen and oxygen atoms in total. The number of esters is 1. The molecule has 0 unspecified atom stereocenters. The van der Waals surface area contributed by atoms with Crippen LogP contribution in [-0.2, 0) is 14.3 Å². The normalized spacial score (nSPS) is 16.6. The van der Waals surface area contributed by atoms with E-state index in [-0.39, 0.29) is 0 Å². The van der Waals surface area contributed by atoms with E-state index in [1.54, 1.807) is 18.5 Å². The summed E-state index contributed by atoms with van der Waals surface area (Å²) in [5, 5.41) is 4.41. The average molecular weight is 384 g/mol. The third kappa shape index (κ3) is 3.90. The Morgan fingerprint density at radius 3 is 2.57 bits per heavy atom. The van der Waals surface area contributed by atoms with E-state index >= 15 is 0 Å². The Bertz CT molecular complexity index is 891. The predicted octanol–water partition coefficient (Wildman–Crippen LogP) is 1.51. The summed E-state index contributed by atoms with van der Waals surface area (Å²) in [4.78, 5) is 38.0. The highest BCUT2D eigenvalue weighted by Gasteiger charge is 2.31. The number of ether oxygens (including phenoxy) is 1. The highest BCUT2D eigenvalue weighted by Crippen LogP contribution is 2.20. The molecule has 0 bridgehead atoms. The summed E-state index contributed by atoms with van der Waals surface area (Å²) < 4.78 is 6.91. The number of benzene rings is 1. The number of carbonyl (C=O) groups is 3. The summed E-state index contributed by atoms with van der Waals surface area (Å²) >= 11 is 0. The molecule has 8 heteroatoms. The lowest BCUT2D eigenvalue weighted by Crippen LogP contribution is -2.51. The van der Waals surface area contributed by atoms with Gasteiger partial charge in [0.2, 0.25) is 5.91 Å². The van der Waals surface area contributed by atoms with Crippen LogP contribution in [0, 0.1) is 13.8 Å². The van der Waals surface area contributed by atoms with Crippen molar-refractivity contribution in [2.24, 2.45) is 5.73 Å². The summed E-state index contributed by atoms with van der Waals surface area (Å²) in [5.74, 6) is -1.56. The van der Waals surface area contributed by atoms with Gasteiger partial charge in [0.05, 0.1) is 17.1 Å². The maximum atomic E-state index is 12.6. The largest absolute Gasteiger partial charge is 0.452 e. The van der Waals surface area contributed by atoms with E-state index in [2.05, 4.69) is 5.10 Å². The molecule has 1 aromatic carbocycles. The SMILES string of the molecule is Cc1nn(-c2ccccc2)c(C)c1C(=O)OCC(=O)N1CCCC[C@H]1C(N)=O. The van der Waals surface area contributed by atoms with E-state index in [1.807, 2.05) is 30.3 Å². The second-order valence-electron chi connectivity index (χ2n) is 6.87. The number of hydrogen-bond acceptors (Lipinski definition) is 5. The molecular weight excluding hydrogens is 360 g/mol. The molecule has 3 rings (SSSR count). The summed E-state index contributed by atoms with van der Waals surface area (Å²) in [6.07, 6.45) is 2.18. The number of aromatic nitrogens is 2. The second kappa shape index (κ2) is 8.24. The van der Waals surface area contributed by atoms with E-state index in [0.717, 1.165) is 18.5 Å². The minimum Gasteiger partial charge on any atom is -0.452 e. The van der Waals surface area contributed by atoms with Crippen LogP contribution in [0.15, 0.2) is 30.3 Å². The summed E-state index contributed by atoms with van der Waals surface area (Å²) in [6.45, 7) is 3.50. The first kappa shape index (κ1) is 19.6. The molecule has 2 aromatic rings. The third-order valence-corrected chi connectivity index (χ3v) is 4.97. The van der Waals surface area contributed by atoms with Gasteiger partial charge in [0, 0.05) is 6.54 Å². The molecule has 0 saturated carbocycles. The van der Waals surface area contributed by atoms with Crippen LogP contribution in [0.5, 0.6) is 0 Å². The van der Waals surface area contributed by atoms with Gasteiger partial charge in [0.15, 0.2) is 6.61 Å². The van der Waals surface area contributed by atoms with Gasteiger partial charge in [0.1, 0.15) is 11.6 Å². The number of hydrogen-bond donors (Lipinski definition) is 1. The third-order valence-electron chi connectivity index (χ3n) is 4.97. The molecule has 1 fully saturated rings. The van der Waals surface area contributed by atoms with Gasteiger partial charge in [-0.3, -0.25) is 9.59 Å². The van der Waals surface area contributed by atoms with Crippen molar-refractivity contribution in [2.75, 3.05) is 13.2 Å². The Labute approximate surface area is 163 Å². The number of rotatable bonds is 5. The fourth-order valence-electron chi connectivity index (χ4n) is 3.57. The van der Waals surface area contributed by atoms with Crippen molar-refractivity contribution >= 4 is 17.8 Å². The topological polar surface area (TPSA) is 108 Å². The lowest BCUT2D eigenvalue weighted by molar-refractivity contribution is -0.143. The predicted molar refractivity (Wildman–Crippen MR) is 102 cm³/mol. The molecule has 0 aliphatic carbocycles. The van der Waals surface area contributed by atoms with E-state index in [4.69, 9.17) is 10.5 Å². The quantitative estimate of drug-likeness (QED) is 0.786. The van der Waals surface area contributed by atoms with Gasteiger partial charge in [-0.15, -0.1) is 0 Å². The maximum Gasteiger partial charge on any atom is 0.342 e. The molecular formula is C20H24N4O4. The van der Waals surface area contributed by atoms with Crippen molar-refractivity contribution in [3.05, 3.63) is 47.3 Å². The van der Waals surface area contributed by atoms with Gasteiger partial charge < -0.3 is 15.4 Å². The van der Waals surface area contributed by atoms with Crippen LogP contribution in [0.4, 0.5) is 0 Å². The molecule has 1 aliphatic heterocycles. The molecule has 1 aromatic heterocycles. The van der Waals surface area contributed by atoms with Gasteiger partial charge in [-0.2, -0.15) is 5.10 Å². The first-order valence-corrected chi connectivity index (χ1v) is 9.27. The highest BCUT2D eigenvalue weighted by atomic mass is 16.5. The zero-order chi connectivity index (χ0) is 20.3. The van der Waals surface area contributed by atoms with Gasteiger partial charge in [-0.05, 0) is 45.2 Å². The smallest absolute Gasteiger partial charge is 0.342 e. The Balaban J connectivity index is 1.71. The van der Waals surface area contributed by atoms with E-state index < -0.39 is 30.4 Å². The Morgan fingerprint density at radius 2 is 1.89 bits per heavy atom. The highest BCUT2D eigenvalue weighted by molar-refractivity contribution is 5.94. The van der Waals surface area contributed by atoms with E-state index in [1.165, 1.54) is 4.90 Å². The Kier molecular flexibility index (Phi) is 5.77. The Morgan fingerprint density at radius 1 is 1.18 bits per heavy atom. The maximum absolute atomic E-state index is 12.6. The fourth-order valence-corrected chi connectivity index (χ4v) is 3.57. The minimum absolute atomic E-state index is 0.335. The van der Waals surface area contributed by atoms with E-state index in [0.29, 0.717) is 29.9 Å². The monoisotopic (exact) mass is 384 g/mol. The standard InChI is InChI=1S/C20H24N4O4/c1-13-18(14(2)24(22-13)15-8-4-3-5-9-15)20(27)28-12-17(25)23-11-7-6-10-16(23)19(21)26/h3-5,8-9,16H,6-7,10-12H2,1-2H3,(H2,21,26)/t16-/m0/s1. The molecule has 1 saturated heterocycles. The van der Waals surface area contributed by atoms with Gasteiger partial charge >= 0.3 is 5.97 Å². The van der Waals surface area contributed by atoms with Crippen molar-refractivity contribution in [1.82, 2.24) is 14.7 Å². The molecule has 0 radical (unpaired) electrons. The molecule has 148 valence electrons. The molecule has 2 N–H and O–H groups in total. The summed E-state index contributed by atoms with van der Waals surface area (Å²) in [5.41, 5.74) is 7.71. The van der Waals surface area contributed by atoms with Crippen LogP contribution in [0.1, 0.15) is 41.0 Å². The number of piperidine rings is 1. The number of nitrogens with zero attached hydrogens (tertiary/aromatic N) is 3. The zero-order valence-electron chi connectivity index (χ0n) is 16.1. The number of carbonyl (C=O) groups excluding carboxylic acids is 3. The minimum atomic E-state index is -0.635. The van der Waals surface area contributed by atoms with Gasteiger partial charge in [-0.1, -0.05) is 18.2 Å².